The zero-order valence-electron chi connectivity index (χ0n) is 8.51. The Labute approximate surface area is 97.1 Å². The molecule has 0 spiro atoms. The predicted molar refractivity (Wildman–Crippen MR) is 60.6 cm³/mol. The Bertz CT molecular complexity index is 534. The predicted octanol–water partition coefficient (Wildman–Crippen LogP) is 2.44. The quantitative estimate of drug-likeness (QED) is 0.871. The third-order valence-corrected chi connectivity index (χ3v) is 2.68. The van der Waals surface area contributed by atoms with Gasteiger partial charge >= 0.3 is 5.97 Å². The number of hydrogen-bond acceptors (Lipinski definition) is 2. The molecule has 1 N–H and O–H groups in total. The second kappa shape index (κ2) is 3.98. The minimum Gasteiger partial charge on any atom is -0.476 e. The summed E-state index contributed by atoms with van der Waals surface area (Å²) in [5, 5.41) is 13.2. The molecular formula is C11H9ClN2O2. The van der Waals surface area contributed by atoms with Crippen LogP contribution < -0.4 is 0 Å². The van der Waals surface area contributed by atoms with Crippen molar-refractivity contribution in [3.8, 4) is 11.1 Å². The van der Waals surface area contributed by atoms with Crippen LogP contribution >= 0.6 is 11.6 Å². The van der Waals surface area contributed by atoms with Gasteiger partial charge in [0.15, 0.2) is 5.69 Å². The fourth-order valence-electron chi connectivity index (χ4n) is 1.51. The van der Waals surface area contributed by atoms with E-state index >= 15 is 0 Å². The molecule has 0 aliphatic heterocycles. The van der Waals surface area contributed by atoms with Crippen LogP contribution in [0.15, 0.2) is 30.3 Å². The molecule has 82 valence electrons. The van der Waals surface area contributed by atoms with E-state index in [9.17, 15) is 4.79 Å². The van der Waals surface area contributed by atoms with Crippen molar-refractivity contribution in [1.29, 1.82) is 0 Å². The molecule has 1 aromatic heterocycles. The van der Waals surface area contributed by atoms with Crippen molar-refractivity contribution in [2.45, 2.75) is 0 Å². The van der Waals surface area contributed by atoms with Gasteiger partial charge in [-0.05, 0) is 5.56 Å². The Morgan fingerprint density at radius 1 is 1.38 bits per heavy atom. The number of aromatic carboxylic acids is 1. The van der Waals surface area contributed by atoms with Crippen molar-refractivity contribution in [2.75, 3.05) is 0 Å². The number of benzene rings is 1. The molecule has 0 unspecified atom stereocenters. The summed E-state index contributed by atoms with van der Waals surface area (Å²) in [5.41, 5.74) is 1.17. The van der Waals surface area contributed by atoms with Gasteiger partial charge in [-0.15, -0.1) is 0 Å². The number of carboxylic acid groups (broad SMARTS) is 1. The summed E-state index contributed by atoms with van der Waals surface area (Å²) in [6.45, 7) is 0. The van der Waals surface area contributed by atoms with Gasteiger partial charge in [0.1, 0.15) is 5.15 Å². The van der Waals surface area contributed by atoms with E-state index in [1.165, 1.54) is 4.68 Å². The third kappa shape index (κ3) is 1.67. The van der Waals surface area contributed by atoms with Crippen LogP contribution in [0.4, 0.5) is 0 Å². The van der Waals surface area contributed by atoms with Crippen LogP contribution in [0, 0.1) is 0 Å². The van der Waals surface area contributed by atoms with E-state index in [0.29, 0.717) is 10.7 Å². The molecule has 0 saturated carbocycles. The largest absolute Gasteiger partial charge is 0.476 e. The van der Waals surface area contributed by atoms with Gasteiger partial charge in [-0.2, -0.15) is 5.10 Å². The fraction of sp³-hybridized carbons (Fsp3) is 0.0909. The summed E-state index contributed by atoms with van der Waals surface area (Å²) >= 11 is 6.03. The monoisotopic (exact) mass is 236 g/mol. The van der Waals surface area contributed by atoms with Crippen LogP contribution in [0.2, 0.25) is 5.15 Å². The summed E-state index contributed by atoms with van der Waals surface area (Å²) < 4.78 is 1.35. The van der Waals surface area contributed by atoms with Crippen LogP contribution in [0.5, 0.6) is 0 Å². The number of hydrogen-bond donors (Lipinski definition) is 1. The minimum atomic E-state index is -1.08. The number of aromatic nitrogens is 2. The van der Waals surface area contributed by atoms with Crippen LogP contribution in [0.25, 0.3) is 11.1 Å². The van der Waals surface area contributed by atoms with E-state index in [1.807, 2.05) is 18.2 Å². The first-order chi connectivity index (χ1) is 7.61. The van der Waals surface area contributed by atoms with Gasteiger partial charge in [0, 0.05) is 7.05 Å². The average molecular weight is 237 g/mol. The molecule has 0 aliphatic rings. The van der Waals surface area contributed by atoms with E-state index in [-0.39, 0.29) is 5.69 Å². The highest BCUT2D eigenvalue weighted by molar-refractivity contribution is 6.33. The SMILES string of the molecule is Cn1nc(C(=O)O)c(-c2ccccc2)c1Cl. The molecule has 5 heteroatoms. The zero-order valence-corrected chi connectivity index (χ0v) is 9.27. The van der Waals surface area contributed by atoms with Crippen molar-refractivity contribution < 1.29 is 9.90 Å². The van der Waals surface area contributed by atoms with Crippen LogP contribution in [-0.2, 0) is 7.05 Å². The van der Waals surface area contributed by atoms with Gasteiger partial charge < -0.3 is 5.11 Å². The lowest BCUT2D eigenvalue weighted by Gasteiger charge is -1.99. The Morgan fingerprint density at radius 3 is 2.56 bits per heavy atom. The van der Waals surface area contributed by atoms with E-state index < -0.39 is 5.97 Å². The Kier molecular flexibility index (Phi) is 2.66. The maximum Gasteiger partial charge on any atom is 0.357 e. The van der Waals surface area contributed by atoms with E-state index in [1.54, 1.807) is 19.2 Å². The third-order valence-electron chi connectivity index (χ3n) is 2.24. The Balaban J connectivity index is 2.68. The molecule has 1 aromatic carbocycles. The number of rotatable bonds is 2. The smallest absolute Gasteiger partial charge is 0.357 e. The molecule has 0 amide bonds. The van der Waals surface area contributed by atoms with Crippen LogP contribution in [0.3, 0.4) is 0 Å². The van der Waals surface area contributed by atoms with E-state index in [2.05, 4.69) is 5.10 Å². The second-order valence-corrected chi connectivity index (χ2v) is 3.67. The van der Waals surface area contributed by atoms with Gasteiger partial charge in [0.05, 0.1) is 5.56 Å². The van der Waals surface area contributed by atoms with Crippen molar-refractivity contribution >= 4 is 17.6 Å². The number of aryl methyl sites for hydroxylation is 1. The molecule has 1 heterocycles. The summed E-state index contributed by atoms with van der Waals surface area (Å²) in [6.07, 6.45) is 0. The molecule has 4 nitrogen and oxygen atoms in total. The van der Waals surface area contributed by atoms with Gasteiger partial charge in [0.2, 0.25) is 0 Å². The van der Waals surface area contributed by atoms with Gasteiger partial charge in [0.25, 0.3) is 0 Å². The Hall–Kier alpha value is -1.81. The maximum atomic E-state index is 11.0. The number of halogens is 1. The van der Waals surface area contributed by atoms with Crippen LogP contribution in [-0.4, -0.2) is 20.9 Å². The number of carbonyl (C=O) groups is 1. The molecule has 2 aromatic rings. The zero-order chi connectivity index (χ0) is 11.7. The van der Waals surface area contributed by atoms with Crippen molar-refractivity contribution in [3.05, 3.63) is 41.2 Å². The minimum absolute atomic E-state index is 0.0290. The normalized spacial score (nSPS) is 10.4. The summed E-state index contributed by atoms with van der Waals surface area (Å²) in [6, 6.07) is 9.10. The highest BCUT2D eigenvalue weighted by atomic mass is 35.5. The van der Waals surface area contributed by atoms with Crippen molar-refractivity contribution in [1.82, 2.24) is 9.78 Å². The fourth-order valence-corrected chi connectivity index (χ4v) is 1.75. The topological polar surface area (TPSA) is 55.1 Å². The van der Waals surface area contributed by atoms with Gasteiger partial charge in [-0.25, -0.2) is 4.79 Å². The first kappa shape index (κ1) is 10.7. The average Bonchev–Trinajstić information content (AvgIpc) is 2.57. The molecule has 2 rings (SSSR count). The summed E-state index contributed by atoms with van der Waals surface area (Å²) in [7, 11) is 1.61. The van der Waals surface area contributed by atoms with E-state index in [0.717, 1.165) is 5.56 Å². The molecule has 0 saturated heterocycles. The van der Waals surface area contributed by atoms with Crippen molar-refractivity contribution in [3.63, 3.8) is 0 Å². The van der Waals surface area contributed by atoms with Gasteiger partial charge in [-0.3, -0.25) is 4.68 Å². The molecule has 0 bridgehead atoms. The van der Waals surface area contributed by atoms with Crippen LogP contribution in [0.1, 0.15) is 10.5 Å². The lowest BCUT2D eigenvalue weighted by molar-refractivity contribution is 0.0690. The highest BCUT2D eigenvalue weighted by Crippen LogP contribution is 2.30. The molecule has 0 fully saturated rings. The van der Waals surface area contributed by atoms with Crippen molar-refractivity contribution in [2.24, 2.45) is 7.05 Å². The maximum absolute atomic E-state index is 11.0. The lowest BCUT2D eigenvalue weighted by atomic mass is 10.1. The first-order valence-corrected chi connectivity index (χ1v) is 5.00. The molecule has 16 heavy (non-hydrogen) atoms. The number of carboxylic acids is 1. The molecule has 0 radical (unpaired) electrons. The molecular weight excluding hydrogens is 228 g/mol. The Morgan fingerprint density at radius 2 is 2.00 bits per heavy atom. The van der Waals surface area contributed by atoms with Gasteiger partial charge in [-0.1, -0.05) is 41.9 Å². The lowest BCUT2D eigenvalue weighted by Crippen LogP contribution is -2.00. The molecule has 0 aliphatic carbocycles. The standard InChI is InChI=1S/C11H9ClN2O2/c1-14-10(12)8(9(13-14)11(15)16)7-5-3-2-4-6-7/h2-6H,1H3,(H,15,16). The summed E-state index contributed by atoms with van der Waals surface area (Å²) in [5.74, 6) is -1.08. The second-order valence-electron chi connectivity index (χ2n) is 3.31. The van der Waals surface area contributed by atoms with E-state index in [4.69, 9.17) is 16.7 Å². The summed E-state index contributed by atoms with van der Waals surface area (Å²) in [4.78, 5) is 11.0. The highest BCUT2D eigenvalue weighted by Gasteiger charge is 2.21. The first-order valence-electron chi connectivity index (χ1n) is 4.62. The molecule has 0 atom stereocenters. The number of nitrogens with zero attached hydrogens (tertiary/aromatic N) is 2.